The summed E-state index contributed by atoms with van der Waals surface area (Å²) in [5.74, 6) is 0. The van der Waals surface area contributed by atoms with Crippen molar-refractivity contribution in [3.63, 3.8) is 0 Å². The van der Waals surface area contributed by atoms with E-state index in [1.165, 1.54) is 89.9 Å². The van der Waals surface area contributed by atoms with Gasteiger partial charge in [-0.15, -0.1) is 0 Å². The van der Waals surface area contributed by atoms with Gasteiger partial charge >= 0.3 is 7.60 Å². The van der Waals surface area contributed by atoms with E-state index in [0.717, 1.165) is 12.8 Å². The second kappa shape index (κ2) is 17.9. The summed E-state index contributed by atoms with van der Waals surface area (Å²) in [4.78, 5) is 17.3. The van der Waals surface area contributed by atoms with Gasteiger partial charge in [0.05, 0.1) is 0 Å². The van der Waals surface area contributed by atoms with Crippen molar-refractivity contribution < 1.29 is 19.1 Å². The molecule has 0 radical (unpaired) electrons. The highest BCUT2D eigenvalue weighted by atomic mass is 31.2. The van der Waals surface area contributed by atoms with E-state index < -0.39 is 13.9 Å². The van der Waals surface area contributed by atoms with E-state index >= 15 is 0 Å². The van der Waals surface area contributed by atoms with E-state index in [1.54, 1.807) is 0 Å². The number of hydrogen-bond donors (Lipinski definition) is 2. The van der Waals surface area contributed by atoms with Gasteiger partial charge in [-0.3, -0.25) is 4.57 Å². The van der Waals surface area contributed by atoms with Crippen molar-refractivity contribution in [3.05, 3.63) is 0 Å². The molecule has 0 aromatic rings. The summed E-state index contributed by atoms with van der Waals surface area (Å²) in [5, 5.41) is 0. The van der Waals surface area contributed by atoms with Gasteiger partial charge in [0.2, 0.25) is 0 Å². The fourth-order valence-corrected chi connectivity index (χ4v) is 3.30. The Hall–Kier alpha value is 0.110. The maximum atomic E-state index is 10.6. The predicted molar refractivity (Wildman–Crippen MR) is 102 cm³/mol. The Kier molecular flexibility index (Phi) is 18.0. The van der Waals surface area contributed by atoms with Crippen LogP contribution < -0.4 is 0 Å². The number of rotatable bonds is 19. The molecule has 0 amide bonds. The lowest BCUT2D eigenvalue weighted by atomic mass is 10.0. The molecular weight excluding hydrogens is 323 g/mol. The Morgan fingerprint density at radius 2 is 0.958 bits per heavy atom. The molecule has 0 saturated heterocycles. The molecule has 0 aromatic carbocycles. The Balaban J connectivity index is 3.02. The largest absolute Gasteiger partial charge is 0.369 e. The van der Waals surface area contributed by atoms with Gasteiger partial charge in [0, 0.05) is 6.61 Å². The maximum absolute atomic E-state index is 10.6. The van der Waals surface area contributed by atoms with Crippen molar-refractivity contribution >= 4 is 7.60 Å². The Labute approximate surface area is 149 Å². The predicted octanol–water partition coefficient (Wildman–Crippen LogP) is 6.40. The van der Waals surface area contributed by atoms with Crippen molar-refractivity contribution in [3.8, 4) is 0 Å². The molecule has 4 nitrogen and oxygen atoms in total. The molecule has 146 valence electrons. The molecule has 24 heavy (non-hydrogen) atoms. The van der Waals surface area contributed by atoms with Gasteiger partial charge in [0.15, 0.2) is 0 Å². The first-order valence-electron chi connectivity index (χ1n) is 10.2. The third kappa shape index (κ3) is 22.1. The summed E-state index contributed by atoms with van der Waals surface area (Å²) in [7, 11) is -3.98. The highest BCUT2D eigenvalue weighted by Gasteiger charge is 2.11. The minimum absolute atomic E-state index is 0.439. The van der Waals surface area contributed by atoms with Crippen molar-refractivity contribution in [2.45, 2.75) is 110 Å². The van der Waals surface area contributed by atoms with Crippen LogP contribution in [0.4, 0.5) is 0 Å². The van der Waals surface area contributed by atoms with Crippen molar-refractivity contribution in [1.29, 1.82) is 0 Å². The zero-order chi connectivity index (χ0) is 17.9. The summed E-state index contributed by atoms with van der Waals surface area (Å²) in [6.07, 6.45) is 20.8. The van der Waals surface area contributed by atoms with Crippen LogP contribution in [-0.2, 0) is 9.30 Å². The van der Waals surface area contributed by atoms with E-state index in [1.807, 2.05) is 0 Å². The molecule has 0 unspecified atom stereocenters. The van der Waals surface area contributed by atoms with Crippen LogP contribution in [0.2, 0.25) is 0 Å². The molecule has 0 aliphatic rings. The molecule has 0 aromatic heterocycles. The third-order valence-electron chi connectivity index (χ3n) is 4.40. The average molecular weight is 365 g/mol. The van der Waals surface area contributed by atoms with Gasteiger partial charge in [0.1, 0.15) is 6.35 Å². The lowest BCUT2D eigenvalue weighted by Crippen LogP contribution is -1.97. The molecule has 0 aliphatic carbocycles. The number of hydrogen-bond acceptors (Lipinski definition) is 2. The fourth-order valence-electron chi connectivity index (χ4n) is 2.94. The minimum atomic E-state index is -3.98. The lowest BCUT2D eigenvalue weighted by molar-refractivity contribution is 0.152. The SMILES string of the molecule is CCCCCCCCCCCCCCCCCCOCP(=O)(O)O. The first-order chi connectivity index (χ1) is 11.6. The molecule has 0 atom stereocenters. The van der Waals surface area contributed by atoms with Crippen LogP contribution in [0.1, 0.15) is 110 Å². The first-order valence-corrected chi connectivity index (χ1v) is 12.0. The van der Waals surface area contributed by atoms with Crippen LogP contribution in [0, 0.1) is 0 Å². The fraction of sp³-hybridized carbons (Fsp3) is 1.00. The van der Waals surface area contributed by atoms with Crippen LogP contribution >= 0.6 is 7.60 Å². The molecule has 0 heterocycles. The molecule has 0 saturated carbocycles. The van der Waals surface area contributed by atoms with E-state index in [-0.39, 0.29) is 0 Å². The van der Waals surface area contributed by atoms with Gasteiger partial charge < -0.3 is 14.5 Å². The average Bonchev–Trinajstić information content (AvgIpc) is 2.52. The first kappa shape index (κ1) is 24.1. The van der Waals surface area contributed by atoms with Crippen LogP contribution in [0.5, 0.6) is 0 Å². The van der Waals surface area contributed by atoms with Crippen molar-refractivity contribution in [1.82, 2.24) is 0 Å². The molecular formula is C19H41O4P. The summed E-state index contributed by atoms with van der Waals surface area (Å²) < 4.78 is 15.5. The normalized spacial score (nSPS) is 12.0. The third-order valence-corrected chi connectivity index (χ3v) is 4.92. The second-order valence-corrected chi connectivity index (χ2v) is 8.59. The van der Waals surface area contributed by atoms with E-state index in [2.05, 4.69) is 6.92 Å². The van der Waals surface area contributed by atoms with Gasteiger partial charge in [-0.05, 0) is 6.42 Å². The van der Waals surface area contributed by atoms with Crippen molar-refractivity contribution in [2.24, 2.45) is 0 Å². The Morgan fingerprint density at radius 3 is 1.29 bits per heavy atom. The molecule has 5 heteroatoms. The van der Waals surface area contributed by atoms with E-state index in [0.29, 0.717) is 6.61 Å². The zero-order valence-corrected chi connectivity index (χ0v) is 16.8. The quantitative estimate of drug-likeness (QED) is 0.205. The smallest absolute Gasteiger partial charge is 0.350 e. The van der Waals surface area contributed by atoms with Crippen LogP contribution in [-0.4, -0.2) is 22.7 Å². The van der Waals surface area contributed by atoms with Gasteiger partial charge in [-0.1, -0.05) is 103 Å². The maximum Gasteiger partial charge on any atom is 0.350 e. The second-order valence-electron chi connectivity index (χ2n) is 7.01. The Morgan fingerprint density at radius 1 is 0.625 bits per heavy atom. The summed E-state index contributed by atoms with van der Waals surface area (Å²) >= 11 is 0. The highest BCUT2D eigenvalue weighted by Crippen LogP contribution is 2.33. The highest BCUT2D eigenvalue weighted by molar-refractivity contribution is 7.51. The summed E-state index contributed by atoms with van der Waals surface area (Å²) in [6.45, 7) is 2.73. The van der Waals surface area contributed by atoms with Crippen LogP contribution in [0.25, 0.3) is 0 Å². The van der Waals surface area contributed by atoms with Gasteiger partial charge in [-0.25, -0.2) is 0 Å². The van der Waals surface area contributed by atoms with E-state index in [9.17, 15) is 4.57 Å². The lowest BCUT2D eigenvalue weighted by Gasteiger charge is -2.05. The number of unbranched alkanes of at least 4 members (excludes halogenated alkanes) is 15. The molecule has 0 aliphatic heterocycles. The van der Waals surface area contributed by atoms with Crippen LogP contribution in [0.15, 0.2) is 0 Å². The standard InChI is InChI=1S/C19H41O4P/c1-2-3-4-5-6-7-8-9-10-11-12-13-14-15-16-17-18-23-19-24(20,21)22/h2-19H2,1H3,(H2,20,21,22). The van der Waals surface area contributed by atoms with Gasteiger partial charge in [0.25, 0.3) is 0 Å². The number of ether oxygens (including phenoxy) is 1. The van der Waals surface area contributed by atoms with Gasteiger partial charge in [-0.2, -0.15) is 0 Å². The summed E-state index contributed by atoms with van der Waals surface area (Å²) in [6, 6.07) is 0. The van der Waals surface area contributed by atoms with Crippen molar-refractivity contribution in [2.75, 3.05) is 13.0 Å². The minimum Gasteiger partial charge on any atom is -0.369 e. The topological polar surface area (TPSA) is 66.8 Å². The molecule has 0 fully saturated rings. The Bertz CT molecular complexity index is 291. The summed E-state index contributed by atoms with van der Waals surface area (Å²) in [5.41, 5.74) is 0. The van der Waals surface area contributed by atoms with E-state index in [4.69, 9.17) is 14.5 Å². The molecule has 0 rings (SSSR count). The molecule has 2 N–H and O–H groups in total. The monoisotopic (exact) mass is 364 g/mol. The zero-order valence-electron chi connectivity index (χ0n) is 15.9. The molecule has 0 bridgehead atoms. The van der Waals surface area contributed by atoms with Crippen LogP contribution in [0.3, 0.4) is 0 Å². The molecule has 0 spiro atoms.